The van der Waals surface area contributed by atoms with Crippen LogP contribution in [0, 0.1) is 11.3 Å². The normalized spacial score (nSPS) is 13.7. The molecule has 37 heavy (non-hydrogen) atoms. The number of nitriles is 1. The van der Waals surface area contributed by atoms with E-state index in [1.807, 2.05) is 54.6 Å². The molecule has 1 saturated heterocycles. The summed E-state index contributed by atoms with van der Waals surface area (Å²) in [6.07, 6.45) is 4.00. The molecule has 3 aromatic rings. The summed E-state index contributed by atoms with van der Waals surface area (Å²) in [4.78, 5) is 17.2. The smallest absolute Gasteiger partial charge is 0.264 e. The second kappa shape index (κ2) is 12.6. The monoisotopic (exact) mass is 575 g/mol. The lowest BCUT2D eigenvalue weighted by Crippen LogP contribution is -2.49. The number of anilines is 1. The van der Waals surface area contributed by atoms with Crippen LogP contribution in [0.1, 0.15) is 16.7 Å². The molecule has 0 radical (unpaired) electrons. The van der Waals surface area contributed by atoms with E-state index >= 15 is 0 Å². The number of hydrogen-bond donors (Lipinski definition) is 0. The number of ether oxygens (including phenoxy) is 1. The SMILES string of the molecule is C=CCc1cc(/C=C(/C#N)C(=O)N2CCN(c3ccccc3)CC2)cc(Br)c1OCc1ccccc1Cl. The molecule has 5 nitrogen and oxygen atoms in total. The summed E-state index contributed by atoms with van der Waals surface area (Å²) in [7, 11) is 0. The van der Waals surface area contributed by atoms with Crippen molar-refractivity contribution in [3.05, 3.63) is 111 Å². The Hall–Kier alpha value is -3.53. The average Bonchev–Trinajstić information content (AvgIpc) is 2.92. The topological polar surface area (TPSA) is 56.6 Å². The number of carbonyl (C=O) groups is 1. The first kappa shape index (κ1) is 26.5. The van der Waals surface area contributed by atoms with Gasteiger partial charge in [0, 0.05) is 42.5 Å². The van der Waals surface area contributed by atoms with Crippen molar-refractivity contribution in [2.75, 3.05) is 31.1 Å². The van der Waals surface area contributed by atoms with Crippen LogP contribution in [0.25, 0.3) is 6.08 Å². The molecule has 0 N–H and O–H groups in total. The van der Waals surface area contributed by atoms with Crippen LogP contribution >= 0.6 is 27.5 Å². The number of para-hydroxylation sites is 1. The van der Waals surface area contributed by atoms with E-state index < -0.39 is 0 Å². The highest BCUT2D eigenvalue weighted by atomic mass is 79.9. The van der Waals surface area contributed by atoms with Gasteiger partial charge in [0.2, 0.25) is 0 Å². The number of carbonyl (C=O) groups excluding carboxylic acids is 1. The number of nitrogens with zero attached hydrogens (tertiary/aromatic N) is 3. The van der Waals surface area contributed by atoms with Crippen molar-refractivity contribution in [1.82, 2.24) is 4.90 Å². The number of hydrogen-bond acceptors (Lipinski definition) is 4. The van der Waals surface area contributed by atoms with E-state index in [1.165, 1.54) is 0 Å². The van der Waals surface area contributed by atoms with Gasteiger partial charge in [-0.3, -0.25) is 4.79 Å². The molecular weight excluding hydrogens is 550 g/mol. The summed E-state index contributed by atoms with van der Waals surface area (Å²) in [5.41, 5.74) is 3.76. The van der Waals surface area contributed by atoms with Gasteiger partial charge in [0.1, 0.15) is 24.0 Å². The minimum Gasteiger partial charge on any atom is -0.487 e. The van der Waals surface area contributed by atoms with Crippen LogP contribution in [0.2, 0.25) is 5.02 Å². The second-order valence-electron chi connectivity index (χ2n) is 8.65. The third-order valence-electron chi connectivity index (χ3n) is 6.19. The predicted octanol–water partition coefficient (Wildman–Crippen LogP) is 6.67. The van der Waals surface area contributed by atoms with E-state index in [-0.39, 0.29) is 11.5 Å². The van der Waals surface area contributed by atoms with Gasteiger partial charge >= 0.3 is 0 Å². The van der Waals surface area contributed by atoms with Gasteiger partial charge in [-0.15, -0.1) is 6.58 Å². The standard InChI is InChI=1S/C30H27BrClN3O2/c1-2-8-23-17-22(19-27(31)29(23)37-21-24-9-6-7-12-28(24)32)18-25(20-33)30(36)35-15-13-34(14-16-35)26-10-4-3-5-11-26/h2-7,9-12,17-19H,1,8,13-16,21H2/b25-18-. The summed E-state index contributed by atoms with van der Waals surface area (Å²) >= 11 is 9.89. The van der Waals surface area contributed by atoms with Crippen LogP contribution in [0.5, 0.6) is 5.75 Å². The first-order valence-corrected chi connectivity index (χ1v) is 13.2. The Morgan fingerprint density at radius 1 is 1.05 bits per heavy atom. The van der Waals surface area contributed by atoms with Gasteiger partial charge in [-0.25, -0.2) is 0 Å². The Kier molecular flexibility index (Phi) is 9.05. The minimum absolute atomic E-state index is 0.106. The molecule has 7 heteroatoms. The van der Waals surface area contributed by atoms with Gasteiger partial charge in [-0.05, 0) is 69.9 Å². The van der Waals surface area contributed by atoms with Crippen molar-refractivity contribution < 1.29 is 9.53 Å². The molecule has 0 aromatic heterocycles. The van der Waals surface area contributed by atoms with E-state index in [2.05, 4.69) is 45.6 Å². The maximum atomic E-state index is 13.2. The van der Waals surface area contributed by atoms with E-state index in [4.69, 9.17) is 16.3 Å². The first-order chi connectivity index (χ1) is 18.0. The fraction of sp³-hybridized carbons (Fsp3) is 0.200. The van der Waals surface area contributed by atoms with Crippen molar-refractivity contribution in [2.24, 2.45) is 0 Å². The van der Waals surface area contributed by atoms with E-state index in [0.29, 0.717) is 36.9 Å². The van der Waals surface area contributed by atoms with Gasteiger partial charge < -0.3 is 14.5 Å². The Bertz CT molecular complexity index is 1340. The van der Waals surface area contributed by atoms with Gasteiger partial charge in [0.05, 0.1) is 4.47 Å². The lowest BCUT2D eigenvalue weighted by molar-refractivity contribution is -0.126. The number of halogens is 2. The highest BCUT2D eigenvalue weighted by Crippen LogP contribution is 2.33. The molecule has 4 rings (SSSR count). The third-order valence-corrected chi connectivity index (χ3v) is 7.14. The third kappa shape index (κ3) is 6.62. The molecule has 1 aliphatic heterocycles. The van der Waals surface area contributed by atoms with Gasteiger partial charge in [-0.1, -0.05) is 54.1 Å². The van der Waals surface area contributed by atoms with Crippen LogP contribution in [-0.4, -0.2) is 37.0 Å². The van der Waals surface area contributed by atoms with Gasteiger partial charge in [-0.2, -0.15) is 5.26 Å². The van der Waals surface area contributed by atoms with Crippen LogP contribution in [-0.2, 0) is 17.8 Å². The molecule has 1 amide bonds. The fourth-order valence-corrected chi connectivity index (χ4v) is 5.10. The van der Waals surface area contributed by atoms with Crippen molar-refractivity contribution in [2.45, 2.75) is 13.0 Å². The Labute approximate surface area is 231 Å². The summed E-state index contributed by atoms with van der Waals surface area (Å²) in [5, 5.41) is 10.5. The largest absolute Gasteiger partial charge is 0.487 e. The maximum Gasteiger partial charge on any atom is 0.264 e. The number of allylic oxidation sites excluding steroid dienone is 1. The number of rotatable bonds is 8. The lowest BCUT2D eigenvalue weighted by Gasteiger charge is -2.36. The summed E-state index contributed by atoms with van der Waals surface area (Å²) in [5.74, 6) is 0.425. The Morgan fingerprint density at radius 3 is 2.43 bits per heavy atom. The zero-order valence-electron chi connectivity index (χ0n) is 20.4. The predicted molar refractivity (Wildman–Crippen MR) is 153 cm³/mol. The summed E-state index contributed by atoms with van der Waals surface area (Å²) in [6, 6.07) is 23.6. The van der Waals surface area contributed by atoms with Crippen molar-refractivity contribution in [3.8, 4) is 11.8 Å². The zero-order valence-corrected chi connectivity index (χ0v) is 22.7. The second-order valence-corrected chi connectivity index (χ2v) is 9.91. The Morgan fingerprint density at radius 2 is 1.76 bits per heavy atom. The minimum atomic E-state index is -0.254. The number of piperazine rings is 1. The molecule has 0 unspecified atom stereocenters. The van der Waals surface area contributed by atoms with Crippen molar-refractivity contribution >= 4 is 45.2 Å². The number of benzene rings is 3. The molecule has 1 aliphatic rings. The fourth-order valence-electron chi connectivity index (χ4n) is 4.28. The molecule has 1 fully saturated rings. The molecule has 0 bridgehead atoms. The van der Waals surface area contributed by atoms with Crippen LogP contribution in [0.15, 0.2) is 89.4 Å². The molecule has 3 aromatic carbocycles. The van der Waals surface area contributed by atoms with Crippen LogP contribution in [0.4, 0.5) is 5.69 Å². The summed E-state index contributed by atoms with van der Waals surface area (Å²) < 4.78 is 6.85. The Balaban J connectivity index is 1.50. The molecule has 0 spiro atoms. The average molecular weight is 577 g/mol. The molecular formula is C30H27BrClN3O2. The molecule has 0 saturated carbocycles. The summed E-state index contributed by atoms with van der Waals surface area (Å²) in [6.45, 7) is 6.74. The first-order valence-electron chi connectivity index (χ1n) is 12.0. The maximum absolute atomic E-state index is 13.2. The van der Waals surface area contributed by atoms with Crippen molar-refractivity contribution in [3.63, 3.8) is 0 Å². The molecule has 1 heterocycles. The van der Waals surface area contributed by atoms with Gasteiger partial charge in [0.25, 0.3) is 5.91 Å². The molecule has 0 aliphatic carbocycles. The van der Waals surface area contributed by atoms with Crippen LogP contribution in [0.3, 0.4) is 0 Å². The molecule has 188 valence electrons. The van der Waals surface area contributed by atoms with E-state index in [0.717, 1.165) is 39.9 Å². The van der Waals surface area contributed by atoms with E-state index in [1.54, 1.807) is 17.1 Å². The van der Waals surface area contributed by atoms with Gasteiger partial charge in [0.15, 0.2) is 0 Å². The lowest BCUT2D eigenvalue weighted by atomic mass is 10.0. The zero-order chi connectivity index (χ0) is 26.2. The highest BCUT2D eigenvalue weighted by Gasteiger charge is 2.24. The highest BCUT2D eigenvalue weighted by molar-refractivity contribution is 9.10. The van der Waals surface area contributed by atoms with Crippen LogP contribution < -0.4 is 9.64 Å². The molecule has 0 atom stereocenters. The quantitative estimate of drug-likeness (QED) is 0.171. The van der Waals surface area contributed by atoms with Crippen molar-refractivity contribution in [1.29, 1.82) is 5.26 Å². The number of amides is 1. The van der Waals surface area contributed by atoms with E-state index in [9.17, 15) is 10.1 Å².